The molecule has 0 atom stereocenters. The number of nitrogens with one attached hydrogen (secondary N) is 1. The van der Waals surface area contributed by atoms with Gasteiger partial charge in [0.05, 0.1) is 10.6 Å². The van der Waals surface area contributed by atoms with E-state index < -0.39 is 21.7 Å². The van der Waals surface area contributed by atoms with Gasteiger partial charge in [0.2, 0.25) is 15.9 Å². The van der Waals surface area contributed by atoms with Gasteiger partial charge in [-0.1, -0.05) is 18.2 Å². The molecule has 19 heavy (non-hydrogen) atoms. The first-order chi connectivity index (χ1) is 8.84. The highest BCUT2D eigenvalue weighted by Crippen LogP contribution is 2.18. The van der Waals surface area contributed by atoms with Gasteiger partial charge in [-0.25, -0.2) is 17.9 Å². The van der Waals surface area contributed by atoms with Crippen molar-refractivity contribution < 1.29 is 17.6 Å². The van der Waals surface area contributed by atoms with Crippen molar-refractivity contribution in [3.05, 3.63) is 48.3 Å². The highest BCUT2D eigenvalue weighted by Gasteiger charge is 2.12. The van der Waals surface area contributed by atoms with E-state index in [2.05, 4.69) is 5.32 Å². The second-order valence-corrected chi connectivity index (χ2v) is 5.12. The first-order valence-electron chi connectivity index (χ1n) is 5.27. The van der Waals surface area contributed by atoms with Gasteiger partial charge in [-0.05, 0) is 25.1 Å². The molecule has 102 valence electrons. The molecule has 0 aromatic heterocycles. The Hall–Kier alpha value is -1.99. The van der Waals surface area contributed by atoms with Crippen LogP contribution >= 0.6 is 0 Å². The lowest BCUT2D eigenvalue weighted by molar-refractivity contribution is -0.111. The number of halogens is 1. The molecule has 0 saturated heterocycles. The van der Waals surface area contributed by atoms with Crippen molar-refractivity contribution in [3.8, 4) is 0 Å². The van der Waals surface area contributed by atoms with Crippen LogP contribution < -0.4 is 10.5 Å². The third-order valence-corrected chi connectivity index (χ3v) is 2.99. The molecule has 0 saturated carbocycles. The zero-order valence-corrected chi connectivity index (χ0v) is 10.9. The van der Waals surface area contributed by atoms with Crippen LogP contribution in [0.3, 0.4) is 0 Å². The number of carbonyl (C=O) groups excluding carboxylic acids is 1. The van der Waals surface area contributed by atoms with Crippen LogP contribution in [0.4, 0.5) is 10.1 Å². The molecule has 7 heteroatoms. The number of benzene rings is 1. The molecule has 1 aromatic carbocycles. The zero-order chi connectivity index (χ0) is 14.5. The van der Waals surface area contributed by atoms with Gasteiger partial charge in [0.1, 0.15) is 5.82 Å². The molecule has 0 heterocycles. The Kier molecular flexibility index (Phi) is 4.96. The Morgan fingerprint density at radius 3 is 2.63 bits per heavy atom. The van der Waals surface area contributed by atoms with E-state index in [0.29, 0.717) is 0 Å². The zero-order valence-electron chi connectivity index (χ0n) is 10.1. The van der Waals surface area contributed by atoms with Gasteiger partial charge in [-0.2, -0.15) is 0 Å². The number of primary sulfonamides is 1. The van der Waals surface area contributed by atoms with E-state index in [1.165, 1.54) is 12.2 Å². The summed E-state index contributed by atoms with van der Waals surface area (Å²) < 4.78 is 35.6. The smallest absolute Gasteiger partial charge is 0.248 e. The average molecular weight is 284 g/mol. The predicted octanol–water partition coefficient (Wildman–Crippen LogP) is 1.54. The van der Waals surface area contributed by atoms with Crippen molar-refractivity contribution in [2.75, 3.05) is 5.32 Å². The molecule has 0 aliphatic rings. The molecule has 0 unspecified atom stereocenters. The largest absolute Gasteiger partial charge is 0.320 e. The second-order valence-electron chi connectivity index (χ2n) is 3.56. The standard InChI is InChI=1S/C12H13FN2O3S/c1-2-3-4-5-12(16)15-11-8-9(19(14,17)18)6-7-10(11)13/h2-8H,1H3,(H,15,16)(H2,14,17,18)/b3-2+,5-4+. The molecule has 1 rings (SSSR count). The van der Waals surface area contributed by atoms with Crippen LogP contribution in [0.25, 0.3) is 0 Å². The molecule has 5 nitrogen and oxygen atoms in total. The van der Waals surface area contributed by atoms with E-state index in [4.69, 9.17) is 5.14 Å². The first kappa shape index (κ1) is 15.1. The van der Waals surface area contributed by atoms with Crippen LogP contribution in [0.5, 0.6) is 0 Å². The number of anilines is 1. The Labute approximate surface area is 110 Å². The molecule has 0 aliphatic heterocycles. The SMILES string of the molecule is C/C=C/C=C/C(=O)Nc1cc(S(N)(=O)=O)ccc1F. The highest BCUT2D eigenvalue weighted by molar-refractivity contribution is 7.89. The molecular formula is C12H13FN2O3S. The minimum atomic E-state index is -3.95. The van der Waals surface area contributed by atoms with Gasteiger partial charge in [0.25, 0.3) is 0 Å². The van der Waals surface area contributed by atoms with Gasteiger partial charge in [0.15, 0.2) is 0 Å². The number of carbonyl (C=O) groups is 1. The molecule has 0 bridgehead atoms. The number of allylic oxidation sites excluding steroid dienone is 3. The van der Waals surface area contributed by atoms with E-state index >= 15 is 0 Å². The third-order valence-electron chi connectivity index (χ3n) is 2.08. The summed E-state index contributed by atoms with van der Waals surface area (Å²) in [5.41, 5.74) is -0.248. The van der Waals surface area contributed by atoms with Crippen LogP contribution in [0, 0.1) is 5.82 Å². The van der Waals surface area contributed by atoms with E-state index in [9.17, 15) is 17.6 Å². The molecule has 0 spiro atoms. The van der Waals surface area contributed by atoms with Crippen molar-refractivity contribution in [2.24, 2.45) is 5.14 Å². The van der Waals surface area contributed by atoms with Crippen LogP contribution in [-0.2, 0) is 14.8 Å². The maximum Gasteiger partial charge on any atom is 0.248 e. The van der Waals surface area contributed by atoms with E-state index in [-0.39, 0.29) is 10.6 Å². The van der Waals surface area contributed by atoms with Gasteiger partial charge in [0, 0.05) is 6.08 Å². The molecule has 0 radical (unpaired) electrons. The Bertz CT molecular complexity index is 636. The fourth-order valence-electron chi connectivity index (χ4n) is 1.21. The predicted molar refractivity (Wildman–Crippen MR) is 70.4 cm³/mol. The van der Waals surface area contributed by atoms with Crippen molar-refractivity contribution in [3.63, 3.8) is 0 Å². The van der Waals surface area contributed by atoms with E-state index in [1.54, 1.807) is 19.1 Å². The number of hydrogen-bond acceptors (Lipinski definition) is 3. The van der Waals surface area contributed by atoms with Gasteiger partial charge in [-0.15, -0.1) is 0 Å². The lowest BCUT2D eigenvalue weighted by Gasteiger charge is -2.05. The number of sulfonamides is 1. The van der Waals surface area contributed by atoms with E-state index in [1.807, 2.05) is 0 Å². The summed E-state index contributed by atoms with van der Waals surface area (Å²) in [5, 5.41) is 7.15. The van der Waals surface area contributed by atoms with Crippen molar-refractivity contribution in [1.29, 1.82) is 0 Å². The topological polar surface area (TPSA) is 89.3 Å². The van der Waals surface area contributed by atoms with Crippen LogP contribution in [0.1, 0.15) is 6.92 Å². The number of amides is 1. The molecule has 0 fully saturated rings. The minimum Gasteiger partial charge on any atom is -0.320 e. The van der Waals surface area contributed by atoms with Gasteiger partial charge in [-0.3, -0.25) is 4.79 Å². The number of rotatable bonds is 4. The summed E-state index contributed by atoms with van der Waals surface area (Å²) in [4.78, 5) is 11.1. The summed E-state index contributed by atoms with van der Waals surface area (Å²) in [6.45, 7) is 1.78. The van der Waals surface area contributed by atoms with Crippen LogP contribution in [0.2, 0.25) is 0 Å². The fraction of sp³-hybridized carbons (Fsp3) is 0.0833. The van der Waals surface area contributed by atoms with Crippen LogP contribution in [0.15, 0.2) is 47.4 Å². The summed E-state index contributed by atoms with van der Waals surface area (Å²) in [7, 11) is -3.95. The lowest BCUT2D eigenvalue weighted by Crippen LogP contribution is -2.14. The quantitative estimate of drug-likeness (QED) is 0.649. The van der Waals surface area contributed by atoms with Gasteiger partial charge < -0.3 is 5.32 Å². The third kappa shape index (κ3) is 4.65. The number of nitrogens with two attached hydrogens (primary N) is 1. The summed E-state index contributed by atoms with van der Waals surface area (Å²) >= 11 is 0. The van der Waals surface area contributed by atoms with Gasteiger partial charge >= 0.3 is 0 Å². The summed E-state index contributed by atoms with van der Waals surface area (Å²) in [5.74, 6) is -1.33. The van der Waals surface area contributed by atoms with E-state index in [0.717, 1.165) is 18.2 Å². The minimum absolute atomic E-state index is 0.248. The monoisotopic (exact) mass is 284 g/mol. The Balaban J connectivity index is 2.98. The number of hydrogen-bond donors (Lipinski definition) is 2. The molecule has 0 aliphatic carbocycles. The van der Waals surface area contributed by atoms with Crippen LogP contribution in [-0.4, -0.2) is 14.3 Å². The normalized spacial score (nSPS) is 12.2. The molecule has 1 amide bonds. The first-order valence-corrected chi connectivity index (χ1v) is 6.82. The summed E-state index contributed by atoms with van der Waals surface area (Å²) in [6, 6.07) is 2.91. The average Bonchev–Trinajstić information content (AvgIpc) is 2.31. The molecule has 1 aromatic rings. The molecular weight excluding hydrogens is 271 g/mol. The van der Waals surface area contributed by atoms with Crippen molar-refractivity contribution in [1.82, 2.24) is 0 Å². The molecule has 3 N–H and O–H groups in total. The van der Waals surface area contributed by atoms with Crippen molar-refractivity contribution >= 4 is 21.6 Å². The maximum atomic E-state index is 13.4. The van der Waals surface area contributed by atoms with Crippen molar-refractivity contribution in [2.45, 2.75) is 11.8 Å². The summed E-state index contributed by atoms with van der Waals surface area (Å²) in [6.07, 6.45) is 5.99. The maximum absolute atomic E-state index is 13.4. The highest BCUT2D eigenvalue weighted by atomic mass is 32.2. The Morgan fingerprint density at radius 2 is 2.05 bits per heavy atom. The fourth-order valence-corrected chi connectivity index (χ4v) is 1.75. The Morgan fingerprint density at radius 1 is 1.37 bits per heavy atom. The second kappa shape index (κ2) is 6.26. The lowest BCUT2D eigenvalue weighted by atomic mass is 10.3.